The van der Waals surface area contributed by atoms with Crippen LogP contribution in [0, 0.1) is 11.8 Å². The first-order valence-electron chi connectivity index (χ1n) is 7.56. The fraction of sp³-hybridized carbons (Fsp3) is 0.412. The molecule has 3 heterocycles. The van der Waals surface area contributed by atoms with Crippen LogP contribution in [0.4, 0.5) is 0 Å². The van der Waals surface area contributed by atoms with E-state index in [9.17, 15) is 14.7 Å². The van der Waals surface area contributed by atoms with Gasteiger partial charge in [0.1, 0.15) is 17.3 Å². The topological polar surface area (TPSA) is 76.1 Å². The molecule has 3 aliphatic heterocycles. The van der Waals surface area contributed by atoms with Crippen LogP contribution in [0.2, 0.25) is 0 Å². The molecule has 23 heavy (non-hydrogen) atoms. The van der Waals surface area contributed by atoms with E-state index in [-0.39, 0.29) is 5.91 Å². The summed E-state index contributed by atoms with van der Waals surface area (Å²) in [5.74, 6) is -1.75. The van der Waals surface area contributed by atoms with Crippen molar-refractivity contribution in [1.82, 2.24) is 4.90 Å². The first kappa shape index (κ1) is 14.3. The second-order valence-corrected chi connectivity index (χ2v) is 6.28. The Hall–Kier alpha value is -2.34. The summed E-state index contributed by atoms with van der Waals surface area (Å²) in [7, 11) is 1.60. The maximum absolute atomic E-state index is 12.7. The van der Waals surface area contributed by atoms with Crippen molar-refractivity contribution in [1.29, 1.82) is 0 Å². The van der Waals surface area contributed by atoms with E-state index in [1.807, 2.05) is 30.3 Å². The summed E-state index contributed by atoms with van der Waals surface area (Å²) in [4.78, 5) is 25.9. The molecule has 4 rings (SSSR count). The molecule has 1 aromatic rings. The van der Waals surface area contributed by atoms with Crippen LogP contribution in [0.5, 0.6) is 5.75 Å². The number of fused-ring (bicyclic) bond motifs is 1. The molecule has 1 amide bonds. The van der Waals surface area contributed by atoms with E-state index in [0.717, 1.165) is 11.3 Å². The van der Waals surface area contributed by atoms with E-state index in [0.29, 0.717) is 13.1 Å². The number of hydrogen-bond donors (Lipinski definition) is 1. The SMILES string of the molecule is COc1ccc(CN2CC34C=C[C@@H](O3)C(C(=O)O)[C@@H]4C2=O)cc1. The Labute approximate surface area is 133 Å². The molecule has 2 saturated heterocycles. The van der Waals surface area contributed by atoms with Gasteiger partial charge in [0.05, 0.1) is 25.7 Å². The molecular weight excluding hydrogens is 298 g/mol. The molecule has 0 radical (unpaired) electrons. The minimum absolute atomic E-state index is 0.139. The lowest BCUT2D eigenvalue weighted by Gasteiger charge is -2.21. The predicted octanol–water partition coefficient (Wildman–Crippen LogP) is 1.06. The number of amides is 1. The smallest absolute Gasteiger partial charge is 0.310 e. The zero-order valence-electron chi connectivity index (χ0n) is 12.6. The maximum Gasteiger partial charge on any atom is 0.310 e. The highest BCUT2D eigenvalue weighted by Crippen LogP contribution is 2.52. The molecule has 1 spiro atoms. The highest BCUT2D eigenvalue weighted by Gasteiger charge is 2.66. The van der Waals surface area contributed by atoms with Gasteiger partial charge in [-0.15, -0.1) is 0 Å². The predicted molar refractivity (Wildman–Crippen MR) is 79.8 cm³/mol. The number of likely N-dealkylation sites (tertiary alicyclic amines) is 1. The van der Waals surface area contributed by atoms with Gasteiger partial charge in [-0.3, -0.25) is 9.59 Å². The monoisotopic (exact) mass is 315 g/mol. The Kier molecular flexibility index (Phi) is 2.99. The molecule has 3 aliphatic rings. The van der Waals surface area contributed by atoms with Crippen molar-refractivity contribution in [2.24, 2.45) is 11.8 Å². The van der Waals surface area contributed by atoms with Gasteiger partial charge in [0.25, 0.3) is 0 Å². The molecule has 2 fully saturated rings. The van der Waals surface area contributed by atoms with Crippen LogP contribution in [-0.2, 0) is 20.9 Å². The molecule has 1 aromatic carbocycles. The van der Waals surface area contributed by atoms with Crippen molar-refractivity contribution >= 4 is 11.9 Å². The summed E-state index contributed by atoms with van der Waals surface area (Å²) in [6.45, 7) is 0.842. The van der Waals surface area contributed by atoms with Crippen molar-refractivity contribution in [2.75, 3.05) is 13.7 Å². The second-order valence-electron chi connectivity index (χ2n) is 6.28. The summed E-state index contributed by atoms with van der Waals surface area (Å²) in [6, 6.07) is 7.50. The highest BCUT2D eigenvalue weighted by atomic mass is 16.5. The maximum atomic E-state index is 12.7. The van der Waals surface area contributed by atoms with Gasteiger partial charge in [0.2, 0.25) is 5.91 Å². The third kappa shape index (κ3) is 1.98. The fourth-order valence-electron chi connectivity index (χ4n) is 3.95. The highest BCUT2D eigenvalue weighted by molar-refractivity contribution is 5.90. The van der Waals surface area contributed by atoms with Gasteiger partial charge < -0.3 is 19.5 Å². The minimum atomic E-state index is -0.967. The number of carboxylic acids is 1. The average molecular weight is 315 g/mol. The van der Waals surface area contributed by atoms with Crippen LogP contribution in [0.3, 0.4) is 0 Å². The Morgan fingerprint density at radius 1 is 1.43 bits per heavy atom. The lowest BCUT2D eigenvalue weighted by Crippen LogP contribution is -2.39. The molecule has 0 aliphatic carbocycles. The number of ether oxygens (including phenoxy) is 2. The van der Waals surface area contributed by atoms with Gasteiger partial charge in [-0.2, -0.15) is 0 Å². The third-order valence-corrected chi connectivity index (χ3v) is 5.00. The standard InChI is InChI=1S/C17H17NO5/c1-22-11-4-2-10(3-5-11)8-18-9-17-7-6-12(23-17)13(16(20)21)14(17)15(18)19/h2-7,12-14H,8-9H2,1H3,(H,20,21)/t12-,13?,14-,17?/m1/s1. The van der Waals surface area contributed by atoms with Gasteiger partial charge >= 0.3 is 5.97 Å². The third-order valence-electron chi connectivity index (χ3n) is 5.00. The summed E-state index contributed by atoms with van der Waals surface area (Å²) in [6.07, 6.45) is 3.16. The molecule has 0 aromatic heterocycles. The molecule has 6 heteroatoms. The van der Waals surface area contributed by atoms with E-state index in [1.54, 1.807) is 18.1 Å². The first-order chi connectivity index (χ1) is 11.0. The van der Waals surface area contributed by atoms with Crippen molar-refractivity contribution in [3.8, 4) is 5.75 Å². The number of carbonyl (C=O) groups excluding carboxylic acids is 1. The number of hydrogen-bond acceptors (Lipinski definition) is 4. The second kappa shape index (κ2) is 4.83. The largest absolute Gasteiger partial charge is 0.497 e. The number of rotatable bonds is 4. The number of aliphatic carboxylic acids is 1. The summed E-state index contributed by atoms with van der Waals surface area (Å²) in [5, 5.41) is 9.43. The molecule has 4 atom stereocenters. The molecule has 0 saturated carbocycles. The Balaban J connectivity index is 1.57. The van der Waals surface area contributed by atoms with Crippen LogP contribution < -0.4 is 4.74 Å². The van der Waals surface area contributed by atoms with E-state index >= 15 is 0 Å². The quantitative estimate of drug-likeness (QED) is 0.841. The molecule has 1 N–H and O–H groups in total. The summed E-state index contributed by atoms with van der Waals surface area (Å²) < 4.78 is 11.0. The fourth-order valence-corrected chi connectivity index (χ4v) is 3.95. The van der Waals surface area contributed by atoms with Crippen molar-refractivity contribution in [3.63, 3.8) is 0 Å². The number of benzene rings is 1. The number of nitrogens with zero attached hydrogens (tertiary/aromatic N) is 1. The number of methoxy groups -OCH3 is 1. The van der Waals surface area contributed by atoms with Gasteiger partial charge in [0, 0.05) is 6.54 Å². The normalized spacial score (nSPS) is 34.0. The average Bonchev–Trinajstić information content (AvgIpc) is 3.17. The van der Waals surface area contributed by atoms with Crippen LogP contribution in [0.25, 0.3) is 0 Å². The zero-order valence-corrected chi connectivity index (χ0v) is 12.6. The van der Waals surface area contributed by atoms with Gasteiger partial charge in [-0.05, 0) is 17.7 Å². The molecule has 2 unspecified atom stereocenters. The Morgan fingerprint density at radius 2 is 2.17 bits per heavy atom. The zero-order chi connectivity index (χ0) is 16.2. The lowest BCUT2D eigenvalue weighted by molar-refractivity contribution is -0.148. The number of carboxylic acid groups (broad SMARTS) is 1. The Morgan fingerprint density at radius 3 is 2.83 bits per heavy atom. The van der Waals surface area contributed by atoms with E-state index in [1.165, 1.54) is 0 Å². The van der Waals surface area contributed by atoms with Gasteiger partial charge in [-0.25, -0.2) is 0 Å². The van der Waals surface area contributed by atoms with Crippen LogP contribution in [0.1, 0.15) is 5.56 Å². The van der Waals surface area contributed by atoms with Crippen LogP contribution in [-0.4, -0.2) is 47.2 Å². The van der Waals surface area contributed by atoms with Crippen molar-refractivity contribution in [2.45, 2.75) is 18.2 Å². The molecule has 120 valence electrons. The molecular formula is C17H17NO5. The minimum Gasteiger partial charge on any atom is -0.497 e. The van der Waals surface area contributed by atoms with Crippen molar-refractivity contribution in [3.05, 3.63) is 42.0 Å². The molecule has 2 bridgehead atoms. The molecule has 6 nitrogen and oxygen atoms in total. The number of carbonyl (C=O) groups is 2. The summed E-state index contributed by atoms with van der Waals surface area (Å²) >= 11 is 0. The van der Waals surface area contributed by atoms with E-state index < -0.39 is 29.5 Å². The van der Waals surface area contributed by atoms with Gasteiger partial charge in [-0.1, -0.05) is 24.3 Å². The van der Waals surface area contributed by atoms with Crippen molar-refractivity contribution < 1.29 is 24.2 Å². The van der Waals surface area contributed by atoms with Crippen LogP contribution in [0.15, 0.2) is 36.4 Å². The lowest BCUT2D eigenvalue weighted by atomic mass is 9.77. The van der Waals surface area contributed by atoms with E-state index in [4.69, 9.17) is 9.47 Å². The van der Waals surface area contributed by atoms with Gasteiger partial charge in [0.15, 0.2) is 0 Å². The summed E-state index contributed by atoms with van der Waals surface area (Å²) in [5.41, 5.74) is 0.206. The van der Waals surface area contributed by atoms with E-state index in [2.05, 4.69) is 0 Å². The Bertz CT molecular complexity index is 697. The first-order valence-corrected chi connectivity index (χ1v) is 7.56. The van der Waals surface area contributed by atoms with Crippen LogP contribution >= 0.6 is 0 Å².